The van der Waals surface area contributed by atoms with Crippen molar-refractivity contribution in [2.45, 2.75) is 50.0 Å². The van der Waals surface area contributed by atoms with E-state index in [4.69, 9.17) is 46.1 Å². The molecule has 2 aliphatic carbocycles. The highest BCUT2D eigenvalue weighted by molar-refractivity contribution is 8.07. The molecule has 4 fully saturated rings. The fourth-order valence-corrected chi connectivity index (χ4v) is 8.06. The second-order valence-electron chi connectivity index (χ2n) is 9.78. The molecule has 0 radical (unpaired) electrons. The molecule has 0 amide bonds. The summed E-state index contributed by atoms with van der Waals surface area (Å²) < 4.78 is 30.5. The Labute approximate surface area is 220 Å². The number of nitrogen functional groups attached to an aromatic ring is 1. The van der Waals surface area contributed by atoms with Crippen LogP contribution in [0.3, 0.4) is 0 Å². The van der Waals surface area contributed by atoms with Crippen LogP contribution in [0.5, 0.6) is 0 Å². The molecule has 2 saturated heterocycles. The fraction of sp³-hybridized carbons (Fsp3) is 0.722. The zero-order chi connectivity index (χ0) is 27.0. The van der Waals surface area contributed by atoms with Crippen LogP contribution in [0.2, 0.25) is 0 Å². The van der Waals surface area contributed by atoms with Crippen molar-refractivity contribution >= 4 is 50.6 Å². The highest BCUT2D eigenvalue weighted by Gasteiger charge is 2.73. The van der Waals surface area contributed by atoms with E-state index in [0.717, 1.165) is 6.34 Å². The Morgan fingerprint density at radius 1 is 1.45 bits per heavy atom. The summed E-state index contributed by atoms with van der Waals surface area (Å²) in [4.78, 5) is 44.6. The number of aliphatic hydroxyl groups excluding tert-OH is 1. The number of nitrogens with zero attached hydrogens (tertiary/aromatic N) is 5. The summed E-state index contributed by atoms with van der Waals surface area (Å²) in [7, 11) is -2.46. The summed E-state index contributed by atoms with van der Waals surface area (Å²) in [6.07, 6.45) is -3.04. The zero-order valence-electron chi connectivity index (χ0n) is 19.8. The first-order valence-corrected chi connectivity index (χ1v) is 15.4. The summed E-state index contributed by atoms with van der Waals surface area (Å²) >= 11 is 5.27. The molecule has 2 bridgehead atoms. The van der Waals surface area contributed by atoms with Crippen LogP contribution in [0.25, 0.3) is 11.2 Å². The van der Waals surface area contributed by atoms with Gasteiger partial charge in [0, 0.05) is 11.3 Å². The van der Waals surface area contributed by atoms with Gasteiger partial charge in [-0.25, -0.2) is 0 Å². The van der Waals surface area contributed by atoms with E-state index < -0.39 is 68.9 Å². The molecule has 2 aromatic rings. The van der Waals surface area contributed by atoms with Crippen molar-refractivity contribution in [1.29, 1.82) is 0 Å². The number of aromatic nitrogens is 5. The Hall–Kier alpha value is -1.69. The number of rotatable bonds is 2. The second-order valence-corrected chi connectivity index (χ2v) is 13.5. The standard InChI is InChI=1S/C18H26N8O9P2S/c1-6-8-3-32-37(30,38)35-13-11(27)9(21-5-19)7-2-18(7,13)4-31-36(29)34-12(6)16(33-8)26-14-10(24-25-26)15(28)23-17(20)22-14/h5-9,11-13,16,27,29H,2-4H2,1H3,(H2,19,21)(H,30,38)(H3,20,22,23,28)/t6-,7-,8-,9-,11+,12-,13+,16-,18?,36?,37?/m1/s1. The lowest BCUT2D eigenvalue weighted by Crippen LogP contribution is -2.38. The van der Waals surface area contributed by atoms with E-state index in [9.17, 15) is 19.7 Å². The van der Waals surface area contributed by atoms with E-state index in [2.05, 4.69) is 25.3 Å². The topological polar surface area (TPSA) is 248 Å². The van der Waals surface area contributed by atoms with Crippen LogP contribution in [-0.2, 0) is 34.6 Å². The molecule has 208 valence electrons. The van der Waals surface area contributed by atoms with Gasteiger partial charge in [0.2, 0.25) is 5.95 Å². The summed E-state index contributed by atoms with van der Waals surface area (Å²) in [5.41, 5.74) is 9.79. The van der Waals surface area contributed by atoms with Crippen molar-refractivity contribution < 1.29 is 37.7 Å². The molecule has 3 unspecified atom stereocenters. The average molecular weight is 592 g/mol. The maximum atomic E-state index is 12.2. The van der Waals surface area contributed by atoms with Gasteiger partial charge in [0.05, 0.1) is 31.7 Å². The van der Waals surface area contributed by atoms with Gasteiger partial charge < -0.3 is 49.2 Å². The molecule has 4 heterocycles. The van der Waals surface area contributed by atoms with Gasteiger partial charge in [0.1, 0.15) is 18.3 Å². The number of fused-ring (bicyclic) bond motifs is 3. The first kappa shape index (κ1) is 26.5. The molecule has 11 atom stereocenters. The van der Waals surface area contributed by atoms with Crippen molar-refractivity contribution in [2.75, 3.05) is 18.9 Å². The molecule has 38 heavy (non-hydrogen) atoms. The Bertz CT molecular complexity index is 1380. The molecule has 0 aromatic carbocycles. The van der Waals surface area contributed by atoms with Crippen LogP contribution >= 0.6 is 15.3 Å². The van der Waals surface area contributed by atoms with Crippen LogP contribution in [0.4, 0.5) is 5.95 Å². The number of hydrogen-bond acceptors (Lipinski definition) is 14. The predicted octanol–water partition coefficient (Wildman–Crippen LogP) is -1.38. The van der Waals surface area contributed by atoms with Crippen molar-refractivity contribution in [1.82, 2.24) is 25.0 Å². The quantitative estimate of drug-likeness (QED) is 0.134. The van der Waals surface area contributed by atoms with Crippen molar-refractivity contribution in [3.8, 4) is 0 Å². The number of nitrogens with one attached hydrogen (secondary N) is 1. The smallest absolute Gasteiger partial charge is 0.330 e. The number of hydrogen-bond donors (Lipinski definition) is 6. The molecule has 2 aromatic heterocycles. The Kier molecular flexibility index (Phi) is 6.60. The van der Waals surface area contributed by atoms with E-state index in [0.29, 0.717) is 6.42 Å². The largest absolute Gasteiger partial charge is 0.390 e. The van der Waals surface area contributed by atoms with Gasteiger partial charge >= 0.3 is 15.3 Å². The Morgan fingerprint density at radius 3 is 3.00 bits per heavy atom. The van der Waals surface area contributed by atoms with E-state index >= 15 is 0 Å². The molecule has 20 heteroatoms. The number of nitrogens with two attached hydrogens (primary N) is 2. The summed E-state index contributed by atoms with van der Waals surface area (Å²) in [6.45, 7) is -2.37. The van der Waals surface area contributed by atoms with Gasteiger partial charge in [-0.2, -0.15) is 9.67 Å². The van der Waals surface area contributed by atoms with Gasteiger partial charge in [-0.3, -0.25) is 14.8 Å². The third-order valence-corrected chi connectivity index (χ3v) is 9.99. The zero-order valence-corrected chi connectivity index (χ0v) is 22.4. The molecular weight excluding hydrogens is 566 g/mol. The molecule has 4 aliphatic rings. The third kappa shape index (κ3) is 4.28. The van der Waals surface area contributed by atoms with Crippen molar-refractivity contribution in [3.05, 3.63) is 10.4 Å². The summed E-state index contributed by atoms with van der Waals surface area (Å²) in [5, 5.41) is 18.8. The molecule has 2 saturated carbocycles. The molecule has 8 N–H and O–H groups in total. The maximum absolute atomic E-state index is 12.2. The molecule has 2 aliphatic heterocycles. The van der Waals surface area contributed by atoms with E-state index in [1.165, 1.54) is 4.68 Å². The van der Waals surface area contributed by atoms with Crippen molar-refractivity contribution in [2.24, 2.45) is 28.0 Å². The lowest BCUT2D eigenvalue weighted by molar-refractivity contribution is -0.0612. The van der Waals surface area contributed by atoms with Crippen LogP contribution in [0.1, 0.15) is 19.6 Å². The SMILES string of the molecule is C[C@H]1[C@H]2OP(O)OCC34C[C@@H]3[C@@H](N=CN)[C@H](O)[C@@H]4OP(O)(=S)OC[C@H]1O[C@H]2n1nnc2c(=O)[nH]c(N)nc21. The molecule has 6 rings (SSSR count). The Morgan fingerprint density at radius 2 is 2.24 bits per heavy atom. The van der Waals surface area contributed by atoms with Crippen LogP contribution in [0.15, 0.2) is 9.79 Å². The van der Waals surface area contributed by atoms with Gasteiger partial charge in [-0.05, 0) is 24.1 Å². The lowest BCUT2D eigenvalue weighted by atomic mass is 10.0. The molecular formula is C18H26N8O9P2S. The summed E-state index contributed by atoms with van der Waals surface area (Å²) in [6, 6.07) is -0.588. The van der Waals surface area contributed by atoms with E-state index in [1.807, 2.05) is 0 Å². The van der Waals surface area contributed by atoms with Crippen LogP contribution in [0, 0.1) is 17.3 Å². The number of anilines is 1. The predicted molar refractivity (Wildman–Crippen MR) is 134 cm³/mol. The van der Waals surface area contributed by atoms with Gasteiger partial charge in [0.15, 0.2) is 17.4 Å². The van der Waals surface area contributed by atoms with Crippen LogP contribution < -0.4 is 17.0 Å². The average Bonchev–Trinajstić information content (AvgIpc) is 3.19. The van der Waals surface area contributed by atoms with Gasteiger partial charge in [-0.15, -0.1) is 5.10 Å². The minimum Gasteiger partial charge on any atom is -0.390 e. The number of H-pyrrole nitrogens is 1. The maximum Gasteiger partial charge on any atom is 0.330 e. The fourth-order valence-electron chi connectivity index (χ4n) is 5.67. The monoisotopic (exact) mass is 592 g/mol. The first-order valence-electron chi connectivity index (χ1n) is 11.7. The normalized spacial score (nSPS) is 45.3. The molecule has 17 nitrogen and oxygen atoms in total. The molecule has 1 spiro atoms. The van der Waals surface area contributed by atoms with E-state index in [1.54, 1.807) is 6.92 Å². The minimum atomic E-state index is -3.88. The van der Waals surface area contributed by atoms with E-state index in [-0.39, 0.29) is 36.2 Å². The second kappa shape index (κ2) is 9.45. The summed E-state index contributed by atoms with van der Waals surface area (Å²) in [5.74, 6) is -0.769. The van der Waals surface area contributed by atoms with Gasteiger partial charge in [-0.1, -0.05) is 12.1 Å². The number of aliphatic hydroxyl groups is 1. The third-order valence-electron chi connectivity index (χ3n) is 7.67. The number of aromatic amines is 1. The van der Waals surface area contributed by atoms with Crippen molar-refractivity contribution in [3.63, 3.8) is 0 Å². The first-order chi connectivity index (χ1) is 18.0. The highest BCUT2D eigenvalue weighted by atomic mass is 32.5. The van der Waals surface area contributed by atoms with Gasteiger partial charge in [0.25, 0.3) is 5.56 Å². The lowest BCUT2D eigenvalue weighted by Gasteiger charge is -2.31. The van der Waals surface area contributed by atoms with Crippen LogP contribution in [-0.4, -0.2) is 89.9 Å². The number of aliphatic imine (C=N–C) groups is 1. The minimum absolute atomic E-state index is 0.0486. The highest BCUT2D eigenvalue weighted by Crippen LogP contribution is 2.69. The number of ether oxygens (including phenoxy) is 1. The Balaban J connectivity index is 1.32.